The van der Waals surface area contributed by atoms with Gasteiger partial charge in [0.05, 0.1) is 11.4 Å². The van der Waals surface area contributed by atoms with Gasteiger partial charge in [-0.25, -0.2) is 4.98 Å². The van der Waals surface area contributed by atoms with Crippen molar-refractivity contribution >= 4 is 28.9 Å². The second-order valence-electron chi connectivity index (χ2n) is 3.89. The van der Waals surface area contributed by atoms with Crippen molar-refractivity contribution in [3.8, 4) is 5.75 Å². The van der Waals surface area contributed by atoms with Gasteiger partial charge in [-0.15, -0.1) is 0 Å². The Balaban J connectivity index is 2.13. The van der Waals surface area contributed by atoms with E-state index in [2.05, 4.69) is 10.3 Å². The Morgan fingerprint density at radius 3 is 2.72 bits per heavy atom. The lowest BCUT2D eigenvalue weighted by molar-refractivity contribution is 0.469. The van der Waals surface area contributed by atoms with Crippen LogP contribution in [0.4, 0.5) is 5.69 Å². The molecule has 2 N–H and O–H groups in total. The number of aromatic hydroxyl groups is 1. The fourth-order valence-corrected chi connectivity index (χ4v) is 1.99. The monoisotopic (exact) mass is 282 g/mol. The normalized spacial score (nSPS) is 10.4. The number of phenols is 1. The fourth-order valence-electron chi connectivity index (χ4n) is 1.60. The molecule has 0 aliphatic rings. The maximum absolute atomic E-state index is 9.69. The molecule has 1 aromatic heterocycles. The van der Waals surface area contributed by atoms with Gasteiger partial charge in [-0.1, -0.05) is 23.2 Å². The number of aromatic nitrogens is 1. The first-order valence-corrected chi connectivity index (χ1v) is 6.16. The molecular formula is C13H12Cl2N2O. The third kappa shape index (κ3) is 3.06. The van der Waals surface area contributed by atoms with Crippen molar-refractivity contribution in [2.75, 3.05) is 5.32 Å². The molecule has 0 saturated heterocycles. The van der Waals surface area contributed by atoms with Crippen LogP contribution in [-0.2, 0) is 6.54 Å². The highest BCUT2D eigenvalue weighted by atomic mass is 35.5. The van der Waals surface area contributed by atoms with Crippen molar-refractivity contribution < 1.29 is 5.11 Å². The highest BCUT2D eigenvalue weighted by Gasteiger charge is 2.04. The van der Waals surface area contributed by atoms with E-state index in [1.165, 1.54) is 0 Å². The highest BCUT2D eigenvalue weighted by Crippen LogP contribution is 2.23. The molecule has 0 unspecified atom stereocenters. The van der Waals surface area contributed by atoms with Gasteiger partial charge in [0.15, 0.2) is 0 Å². The van der Waals surface area contributed by atoms with E-state index in [9.17, 15) is 5.11 Å². The number of pyridine rings is 1. The van der Waals surface area contributed by atoms with Gasteiger partial charge in [0, 0.05) is 17.1 Å². The molecule has 1 heterocycles. The molecule has 0 saturated carbocycles. The van der Waals surface area contributed by atoms with E-state index in [4.69, 9.17) is 23.2 Å². The first-order chi connectivity index (χ1) is 8.56. The number of aryl methyl sites for hydroxylation is 1. The Morgan fingerprint density at radius 1 is 1.22 bits per heavy atom. The molecule has 2 aromatic rings. The van der Waals surface area contributed by atoms with Gasteiger partial charge in [0.2, 0.25) is 0 Å². The van der Waals surface area contributed by atoms with Gasteiger partial charge in [0.25, 0.3) is 0 Å². The molecule has 5 heteroatoms. The number of anilines is 1. The summed E-state index contributed by atoms with van der Waals surface area (Å²) in [6.45, 7) is 2.34. The molecule has 0 radical (unpaired) electrons. The molecule has 0 spiro atoms. The first kappa shape index (κ1) is 13.0. The molecule has 0 aliphatic carbocycles. The van der Waals surface area contributed by atoms with Crippen LogP contribution in [0.25, 0.3) is 0 Å². The van der Waals surface area contributed by atoms with Crippen molar-refractivity contribution in [1.82, 2.24) is 4.98 Å². The van der Waals surface area contributed by atoms with E-state index in [0.29, 0.717) is 16.7 Å². The minimum absolute atomic E-state index is 0.214. The Hall–Kier alpha value is -1.45. The number of hydrogen-bond donors (Lipinski definition) is 2. The molecule has 0 aliphatic heterocycles. The van der Waals surface area contributed by atoms with E-state index in [0.717, 1.165) is 16.9 Å². The van der Waals surface area contributed by atoms with Crippen molar-refractivity contribution in [2.45, 2.75) is 13.5 Å². The van der Waals surface area contributed by atoms with Gasteiger partial charge in [-0.2, -0.15) is 0 Å². The maximum atomic E-state index is 9.69. The van der Waals surface area contributed by atoms with Crippen LogP contribution in [-0.4, -0.2) is 10.1 Å². The number of rotatable bonds is 3. The van der Waals surface area contributed by atoms with Crippen LogP contribution in [0.3, 0.4) is 0 Å². The lowest BCUT2D eigenvalue weighted by Gasteiger charge is -2.10. The van der Waals surface area contributed by atoms with E-state index in [-0.39, 0.29) is 5.75 Å². The van der Waals surface area contributed by atoms with Gasteiger partial charge in [-0.3, -0.25) is 0 Å². The van der Waals surface area contributed by atoms with Crippen LogP contribution >= 0.6 is 23.2 Å². The van der Waals surface area contributed by atoms with Gasteiger partial charge in [-0.05, 0) is 37.3 Å². The van der Waals surface area contributed by atoms with E-state index >= 15 is 0 Å². The summed E-state index contributed by atoms with van der Waals surface area (Å²) in [5, 5.41) is 13.9. The van der Waals surface area contributed by atoms with Crippen molar-refractivity contribution in [3.05, 3.63) is 51.8 Å². The minimum atomic E-state index is 0.214. The number of phenolic OH excluding ortho intramolecular Hbond substituents is 1. The molecule has 1 aromatic carbocycles. The fraction of sp³-hybridized carbons (Fsp3) is 0.154. The zero-order valence-electron chi connectivity index (χ0n) is 9.74. The third-order valence-corrected chi connectivity index (χ3v) is 3.01. The van der Waals surface area contributed by atoms with Crippen LogP contribution in [0.1, 0.15) is 11.3 Å². The Labute approximate surface area is 115 Å². The summed E-state index contributed by atoms with van der Waals surface area (Å²) in [6, 6.07) is 8.52. The highest BCUT2D eigenvalue weighted by molar-refractivity contribution is 6.30. The van der Waals surface area contributed by atoms with Gasteiger partial charge in [0.1, 0.15) is 10.9 Å². The number of benzene rings is 1. The Morgan fingerprint density at radius 2 is 2.00 bits per heavy atom. The van der Waals surface area contributed by atoms with Gasteiger partial charge < -0.3 is 10.4 Å². The number of hydrogen-bond acceptors (Lipinski definition) is 3. The van der Waals surface area contributed by atoms with Crippen LogP contribution in [0.5, 0.6) is 5.75 Å². The van der Waals surface area contributed by atoms with Crippen molar-refractivity contribution in [1.29, 1.82) is 0 Å². The lowest BCUT2D eigenvalue weighted by Crippen LogP contribution is -2.02. The lowest BCUT2D eigenvalue weighted by atomic mass is 10.2. The minimum Gasteiger partial charge on any atom is -0.508 e. The quantitative estimate of drug-likeness (QED) is 0.836. The summed E-state index contributed by atoms with van der Waals surface area (Å²) >= 11 is 11.7. The van der Waals surface area contributed by atoms with Crippen LogP contribution in [0.15, 0.2) is 30.3 Å². The zero-order valence-corrected chi connectivity index (χ0v) is 11.3. The molecule has 0 bridgehead atoms. The van der Waals surface area contributed by atoms with Crippen LogP contribution in [0.2, 0.25) is 10.2 Å². The maximum Gasteiger partial charge on any atom is 0.129 e. The largest absolute Gasteiger partial charge is 0.508 e. The number of nitrogens with zero attached hydrogens (tertiary/aromatic N) is 1. The second-order valence-corrected chi connectivity index (χ2v) is 4.72. The predicted octanol–water partition coefficient (Wildman–Crippen LogP) is 4.01. The SMILES string of the molecule is Cc1nc(Cl)ccc1NCc1cc(Cl)ccc1O. The van der Waals surface area contributed by atoms with Crippen LogP contribution in [0, 0.1) is 6.92 Å². The Bertz CT molecular complexity index is 573. The zero-order chi connectivity index (χ0) is 13.1. The molecule has 0 atom stereocenters. The number of halogens is 2. The molecule has 94 valence electrons. The summed E-state index contributed by atoms with van der Waals surface area (Å²) in [5.41, 5.74) is 2.42. The smallest absolute Gasteiger partial charge is 0.129 e. The second kappa shape index (κ2) is 5.46. The summed E-state index contributed by atoms with van der Waals surface area (Å²) in [7, 11) is 0. The summed E-state index contributed by atoms with van der Waals surface area (Å²) in [5.74, 6) is 0.214. The average molecular weight is 283 g/mol. The predicted molar refractivity (Wildman–Crippen MR) is 74.4 cm³/mol. The summed E-state index contributed by atoms with van der Waals surface area (Å²) < 4.78 is 0. The Kier molecular flexibility index (Phi) is 3.94. The van der Waals surface area contributed by atoms with Gasteiger partial charge >= 0.3 is 0 Å². The summed E-state index contributed by atoms with van der Waals surface area (Å²) in [4.78, 5) is 4.14. The van der Waals surface area contributed by atoms with E-state index in [1.54, 1.807) is 24.3 Å². The van der Waals surface area contributed by atoms with E-state index in [1.807, 2.05) is 13.0 Å². The van der Waals surface area contributed by atoms with Crippen molar-refractivity contribution in [3.63, 3.8) is 0 Å². The molecule has 2 rings (SSSR count). The molecule has 3 nitrogen and oxygen atoms in total. The molecule has 18 heavy (non-hydrogen) atoms. The first-order valence-electron chi connectivity index (χ1n) is 5.40. The third-order valence-electron chi connectivity index (χ3n) is 2.56. The topological polar surface area (TPSA) is 45.2 Å². The molecule has 0 amide bonds. The summed E-state index contributed by atoms with van der Waals surface area (Å²) in [6.07, 6.45) is 0. The van der Waals surface area contributed by atoms with Crippen molar-refractivity contribution in [2.24, 2.45) is 0 Å². The molecular weight excluding hydrogens is 271 g/mol. The van der Waals surface area contributed by atoms with E-state index < -0.39 is 0 Å². The molecule has 0 fully saturated rings. The standard InChI is InChI=1S/C13H12Cl2N2O/c1-8-11(3-5-13(15)17-8)16-7-9-6-10(14)2-4-12(9)18/h2-6,16,18H,7H2,1H3. The number of nitrogens with one attached hydrogen (secondary N) is 1. The van der Waals surface area contributed by atoms with Crippen LogP contribution < -0.4 is 5.32 Å². The average Bonchev–Trinajstić information content (AvgIpc) is 2.32.